The van der Waals surface area contributed by atoms with E-state index >= 15 is 0 Å². The minimum Gasteiger partial charge on any atom is -0.390 e. The fourth-order valence-corrected chi connectivity index (χ4v) is 1.48. The number of hydrogen-bond acceptors (Lipinski definition) is 5. The number of aliphatic hydroxyl groups excluding tert-OH is 2. The topological polar surface area (TPSA) is 122 Å². The van der Waals surface area contributed by atoms with Gasteiger partial charge >= 0.3 is 0 Å². The second kappa shape index (κ2) is 8.26. The summed E-state index contributed by atoms with van der Waals surface area (Å²) in [6.07, 6.45) is -3.53. The van der Waals surface area contributed by atoms with Crippen LogP contribution in [0.25, 0.3) is 0 Å². The van der Waals surface area contributed by atoms with Crippen LogP contribution in [0.2, 0.25) is 0 Å². The van der Waals surface area contributed by atoms with Gasteiger partial charge in [-0.2, -0.15) is 0 Å². The van der Waals surface area contributed by atoms with Gasteiger partial charge in [-0.25, -0.2) is 5.48 Å². The Balaban J connectivity index is 2.24. The Morgan fingerprint density at radius 3 is 2.35 bits per heavy atom. The number of carbonyl (C=O) groups excluding carboxylic acids is 2. The maximum atomic E-state index is 11.4. The normalized spacial score (nSPS) is 13.5. The Hall–Kier alpha value is -1.96. The van der Waals surface area contributed by atoms with E-state index in [9.17, 15) is 19.8 Å². The van der Waals surface area contributed by atoms with Gasteiger partial charge in [-0.05, 0) is 5.56 Å². The highest BCUT2D eigenvalue weighted by atomic mass is 16.6. The number of aliphatic hydroxyl groups is 2. The first-order chi connectivity index (χ1) is 9.49. The molecule has 0 radical (unpaired) electrons. The number of carbonyl (C=O) groups is 2. The predicted molar refractivity (Wildman–Crippen MR) is 69.8 cm³/mol. The Bertz CT molecular complexity index is 438. The van der Waals surface area contributed by atoms with E-state index in [-0.39, 0.29) is 13.0 Å². The standard InChI is InChI=1S/C13H18N2O5/c14-12(18)6-10(16)11(17)7-13(19)15-20-8-9-4-2-1-3-5-9/h1-5,10-11,16-17H,6-8H2,(H2,14,18)(H,15,19). The Labute approximate surface area is 116 Å². The number of benzene rings is 1. The minimum absolute atomic E-state index is 0.187. The molecule has 0 saturated carbocycles. The van der Waals surface area contributed by atoms with Gasteiger partial charge in [-0.15, -0.1) is 0 Å². The number of nitrogens with one attached hydrogen (secondary N) is 1. The molecule has 2 unspecified atom stereocenters. The van der Waals surface area contributed by atoms with Gasteiger partial charge in [0.1, 0.15) is 0 Å². The lowest BCUT2D eigenvalue weighted by Crippen LogP contribution is -2.36. The molecular weight excluding hydrogens is 264 g/mol. The van der Waals surface area contributed by atoms with Crippen LogP contribution in [-0.2, 0) is 21.0 Å². The number of amides is 2. The fraction of sp³-hybridized carbons (Fsp3) is 0.385. The first kappa shape index (κ1) is 16.1. The lowest BCUT2D eigenvalue weighted by molar-refractivity contribution is -0.139. The smallest absolute Gasteiger partial charge is 0.246 e. The van der Waals surface area contributed by atoms with Crippen LogP contribution in [0.5, 0.6) is 0 Å². The van der Waals surface area contributed by atoms with Crippen molar-refractivity contribution >= 4 is 11.8 Å². The SMILES string of the molecule is NC(=O)CC(O)C(O)CC(=O)NOCc1ccccc1. The van der Waals surface area contributed by atoms with E-state index in [1.165, 1.54) is 0 Å². The third-order valence-corrected chi connectivity index (χ3v) is 2.52. The van der Waals surface area contributed by atoms with Crippen LogP contribution in [0.1, 0.15) is 18.4 Å². The predicted octanol–water partition coefficient (Wildman–Crippen LogP) is -0.778. The summed E-state index contributed by atoms with van der Waals surface area (Å²) in [5.41, 5.74) is 7.89. The van der Waals surface area contributed by atoms with Crippen molar-refractivity contribution in [2.24, 2.45) is 5.73 Å². The van der Waals surface area contributed by atoms with Crippen LogP contribution in [0.3, 0.4) is 0 Å². The third kappa shape index (κ3) is 6.28. The van der Waals surface area contributed by atoms with Gasteiger partial charge in [-0.1, -0.05) is 30.3 Å². The molecule has 5 N–H and O–H groups in total. The van der Waals surface area contributed by atoms with Crippen molar-refractivity contribution in [3.8, 4) is 0 Å². The van der Waals surface area contributed by atoms with Gasteiger partial charge in [0.05, 0.1) is 31.7 Å². The number of primary amides is 1. The molecule has 1 rings (SSSR count). The largest absolute Gasteiger partial charge is 0.390 e. The second-order valence-corrected chi connectivity index (χ2v) is 4.31. The molecule has 2 atom stereocenters. The zero-order valence-electron chi connectivity index (χ0n) is 10.9. The average Bonchev–Trinajstić information content (AvgIpc) is 2.39. The monoisotopic (exact) mass is 282 g/mol. The molecule has 1 aromatic rings. The molecule has 0 spiro atoms. The number of nitrogens with two attached hydrogens (primary N) is 1. The summed E-state index contributed by atoms with van der Waals surface area (Å²) in [6.45, 7) is 0.187. The Morgan fingerprint density at radius 1 is 1.15 bits per heavy atom. The van der Waals surface area contributed by atoms with Crippen molar-refractivity contribution in [3.05, 3.63) is 35.9 Å². The Morgan fingerprint density at radius 2 is 1.75 bits per heavy atom. The summed E-state index contributed by atoms with van der Waals surface area (Å²) in [5, 5.41) is 18.8. The maximum absolute atomic E-state index is 11.4. The zero-order chi connectivity index (χ0) is 15.0. The quantitative estimate of drug-likeness (QED) is 0.466. The van der Waals surface area contributed by atoms with Crippen molar-refractivity contribution in [3.63, 3.8) is 0 Å². The van der Waals surface area contributed by atoms with Crippen molar-refractivity contribution in [2.75, 3.05) is 0 Å². The highest BCUT2D eigenvalue weighted by Gasteiger charge is 2.21. The zero-order valence-corrected chi connectivity index (χ0v) is 10.9. The molecule has 110 valence electrons. The van der Waals surface area contributed by atoms with Crippen LogP contribution in [0.4, 0.5) is 0 Å². The minimum atomic E-state index is -1.37. The summed E-state index contributed by atoms with van der Waals surface area (Å²) in [6, 6.07) is 9.20. The van der Waals surface area contributed by atoms with Gasteiger partial charge in [0.25, 0.3) is 0 Å². The highest BCUT2D eigenvalue weighted by Crippen LogP contribution is 2.04. The van der Waals surface area contributed by atoms with Crippen LogP contribution in [0.15, 0.2) is 30.3 Å². The van der Waals surface area contributed by atoms with E-state index < -0.39 is 30.4 Å². The summed E-state index contributed by atoms with van der Waals surface area (Å²) < 4.78 is 0. The Kier molecular flexibility index (Phi) is 6.65. The van der Waals surface area contributed by atoms with E-state index in [1.54, 1.807) is 0 Å². The summed E-state index contributed by atoms with van der Waals surface area (Å²) in [7, 11) is 0. The van der Waals surface area contributed by atoms with Crippen LogP contribution in [0, 0.1) is 0 Å². The van der Waals surface area contributed by atoms with Gasteiger partial charge in [0.2, 0.25) is 11.8 Å². The second-order valence-electron chi connectivity index (χ2n) is 4.31. The molecule has 0 aliphatic heterocycles. The molecule has 7 nitrogen and oxygen atoms in total. The average molecular weight is 282 g/mol. The molecule has 0 aliphatic rings. The van der Waals surface area contributed by atoms with E-state index in [4.69, 9.17) is 10.6 Å². The molecule has 0 saturated heterocycles. The number of hydroxylamine groups is 1. The van der Waals surface area contributed by atoms with Crippen molar-refractivity contribution < 1.29 is 24.6 Å². The molecule has 0 fully saturated rings. The van der Waals surface area contributed by atoms with Crippen LogP contribution >= 0.6 is 0 Å². The third-order valence-electron chi connectivity index (χ3n) is 2.52. The summed E-state index contributed by atoms with van der Waals surface area (Å²) >= 11 is 0. The van der Waals surface area contributed by atoms with Gasteiger partial charge in [-0.3, -0.25) is 14.4 Å². The van der Waals surface area contributed by atoms with E-state index in [0.29, 0.717) is 0 Å². The first-order valence-electron chi connectivity index (χ1n) is 6.08. The van der Waals surface area contributed by atoms with Gasteiger partial charge in [0.15, 0.2) is 0 Å². The number of hydrogen-bond donors (Lipinski definition) is 4. The molecule has 20 heavy (non-hydrogen) atoms. The maximum Gasteiger partial charge on any atom is 0.246 e. The van der Waals surface area contributed by atoms with E-state index in [2.05, 4.69) is 5.48 Å². The molecule has 7 heteroatoms. The highest BCUT2D eigenvalue weighted by molar-refractivity contribution is 5.76. The van der Waals surface area contributed by atoms with Gasteiger partial charge < -0.3 is 15.9 Å². The first-order valence-corrected chi connectivity index (χ1v) is 6.08. The number of rotatable bonds is 8. The molecule has 0 heterocycles. The van der Waals surface area contributed by atoms with E-state index in [1.807, 2.05) is 30.3 Å². The summed E-state index contributed by atoms with van der Waals surface area (Å²) in [4.78, 5) is 26.9. The molecule has 1 aromatic carbocycles. The van der Waals surface area contributed by atoms with Crippen molar-refractivity contribution in [1.82, 2.24) is 5.48 Å². The lowest BCUT2D eigenvalue weighted by atomic mass is 10.1. The molecule has 2 amide bonds. The lowest BCUT2D eigenvalue weighted by Gasteiger charge is -2.15. The van der Waals surface area contributed by atoms with Crippen LogP contribution in [-0.4, -0.2) is 34.2 Å². The molecular formula is C13H18N2O5. The van der Waals surface area contributed by atoms with Gasteiger partial charge in [0, 0.05) is 0 Å². The van der Waals surface area contributed by atoms with E-state index in [0.717, 1.165) is 5.56 Å². The van der Waals surface area contributed by atoms with Crippen molar-refractivity contribution in [2.45, 2.75) is 31.7 Å². The molecule has 0 bridgehead atoms. The van der Waals surface area contributed by atoms with Crippen LogP contribution < -0.4 is 11.2 Å². The summed E-state index contributed by atoms with van der Waals surface area (Å²) in [5.74, 6) is -1.35. The molecule has 0 aromatic heterocycles. The fourth-order valence-electron chi connectivity index (χ4n) is 1.48. The molecule has 0 aliphatic carbocycles. The van der Waals surface area contributed by atoms with Crippen molar-refractivity contribution in [1.29, 1.82) is 0 Å².